The number of carboxylic acids is 1. The first-order chi connectivity index (χ1) is 8.26. The van der Waals surface area contributed by atoms with E-state index in [9.17, 15) is 18.3 Å². The SMILES string of the molecule is CC(C(=O)O)S(=O)(=O)N(C)Cc1ccccc1O. The zero-order valence-electron chi connectivity index (χ0n) is 10.1. The van der Waals surface area contributed by atoms with Crippen molar-refractivity contribution in [1.29, 1.82) is 0 Å². The highest BCUT2D eigenvalue weighted by Gasteiger charge is 2.31. The molecule has 100 valence electrons. The first-order valence-corrected chi connectivity index (χ1v) is 6.72. The molecule has 1 rings (SSSR count). The van der Waals surface area contributed by atoms with Gasteiger partial charge in [-0.3, -0.25) is 4.79 Å². The van der Waals surface area contributed by atoms with Crippen molar-refractivity contribution in [3.05, 3.63) is 29.8 Å². The minimum atomic E-state index is -3.93. The molecule has 1 aromatic carbocycles. The average Bonchev–Trinajstić information content (AvgIpc) is 2.30. The van der Waals surface area contributed by atoms with E-state index in [0.717, 1.165) is 11.2 Å². The van der Waals surface area contributed by atoms with Gasteiger partial charge in [-0.2, -0.15) is 4.31 Å². The molecule has 1 unspecified atom stereocenters. The minimum Gasteiger partial charge on any atom is -0.508 e. The fourth-order valence-electron chi connectivity index (χ4n) is 1.37. The highest BCUT2D eigenvalue weighted by atomic mass is 32.2. The van der Waals surface area contributed by atoms with Gasteiger partial charge in [-0.1, -0.05) is 18.2 Å². The molecule has 2 N–H and O–H groups in total. The highest BCUT2D eigenvalue weighted by Crippen LogP contribution is 2.19. The monoisotopic (exact) mass is 273 g/mol. The summed E-state index contributed by atoms with van der Waals surface area (Å²) in [4.78, 5) is 10.7. The molecule has 0 fully saturated rings. The van der Waals surface area contributed by atoms with Crippen LogP contribution in [-0.4, -0.2) is 41.2 Å². The molecule has 0 saturated carbocycles. The van der Waals surface area contributed by atoms with E-state index in [1.54, 1.807) is 18.2 Å². The summed E-state index contributed by atoms with van der Waals surface area (Å²) in [6.45, 7) is 1.03. The molecule has 0 bridgehead atoms. The molecular weight excluding hydrogens is 258 g/mol. The van der Waals surface area contributed by atoms with Crippen LogP contribution in [0, 0.1) is 0 Å². The lowest BCUT2D eigenvalue weighted by Crippen LogP contribution is -2.38. The molecule has 6 nitrogen and oxygen atoms in total. The summed E-state index contributed by atoms with van der Waals surface area (Å²) in [6.07, 6.45) is 0. The Balaban J connectivity index is 2.93. The average molecular weight is 273 g/mol. The quantitative estimate of drug-likeness (QED) is 0.820. The number of carbonyl (C=O) groups is 1. The number of aliphatic carboxylic acids is 1. The molecule has 7 heteroatoms. The van der Waals surface area contributed by atoms with Gasteiger partial charge in [0.25, 0.3) is 0 Å². The Kier molecular flexibility index (Phi) is 4.31. The van der Waals surface area contributed by atoms with Crippen LogP contribution in [-0.2, 0) is 21.4 Å². The molecule has 0 aliphatic carbocycles. The van der Waals surface area contributed by atoms with Crippen LogP contribution in [0.15, 0.2) is 24.3 Å². The molecule has 0 spiro atoms. The van der Waals surface area contributed by atoms with E-state index in [1.165, 1.54) is 13.1 Å². The molecule has 0 amide bonds. The minimum absolute atomic E-state index is 0.0254. The number of nitrogens with zero attached hydrogens (tertiary/aromatic N) is 1. The fraction of sp³-hybridized carbons (Fsp3) is 0.364. The Morgan fingerprint density at radius 2 is 1.94 bits per heavy atom. The van der Waals surface area contributed by atoms with E-state index >= 15 is 0 Å². The lowest BCUT2D eigenvalue weighted by atomic mass is 10.2. The van der Waals surface area contributed by atoms with Crippen LogP contribution in [0.3, 0.4) is 0 Å². The predicted octanol–water partition coefficient (Wildman–Crippen LogP) is 0.627. The van der Waals surface area contributed by atoms with Crippen molar-refractivity contribution < 1.29 is 23.4 Å². The topological polar surface area (TPSA) is 94.9 Å². The van der Waals surface area contributed by atoms with Gasteiger partial charge in [0.15, 0.2) is 5.25 Å². The van der Waals surface area contributed by atoms with Crippen LogP contribution < -0.4 is 0 Å². The number of phenolic OH excluding ortho intramolecular Hbond substituents is 1. The number of hydrogen-bond acceptors (Lipinski definition) is 4. The number of carboxylic acid groups (broad SMARTS) is 1. The maximum Gasteiger partial charge on any atom is 0.323 e. The Morgan fingerprint density at radius 3 is 2.44 bits per heavy atom. The Hall–Kier alpha value is -1.60. The maximum absolute atomic E-state index is 11.9. The fourth-order valence-corrected chi connectivity index (χ4v) is 2.49. The van der Waals surface area contributed by atoms with Crippen molar-refractivity contribution in [1.82, 2.24) is 4.31 Å². The van der Waals surface area contributed by atoms with Crippen LogP contribution in [0.25, 0.3) is 0 Å². The Morgan fingerprint density at radius 1 is 1.39 bits per heavy atom. The van der Waals surface area contributed by atoms with Crippen LogP contribution in [0.5, 0.6) is 5.75 Å². The lowest BCUT2D eigenvalue weighted by molar-refractivity contribution is -0.136. The smallest absolute Gasteiger partial charge is 0.323 e. The van der Waals surface area contributed by atoms with Gasteiger partial charge >= 0.3 is 5.97 Å². The standard InChI is InChI=1S/C11H15NO5S/c1-8(11(14)15)18(16,17)12(2)7-9-5-3-4-6-10(9)13/h3-6,8,13H,7H2,1-2H3,(H,14,15). The molecular formula is C11H15NO5S. The van der Waals surface area contributed by atoms with Gasteiger partial charge in [-0.25, -0.2) is 8.42 Å². The van der Waals surface area contributed by atoms with Crippen molar-refractivity contribution in [3.8, 4) is 5.75 Å². The van der Waals surface area contributed by atoms with Crippen molar-refractivity contribution in [2.45, 2.75) is 18.7 Å². The first kappa shape index (κ1) is 14.5. The zero-order chi connectivity index (χ0) is 13.9. The molecule has 0 radical (unpaired) electrons. The number of benzene rings is 1. The number of hydrogen-bond donors (Lipinski definition) is 2. The van der Waals surface area contributed by atoms with Crippen molar-refractivity contribution in [2.75, 3.05) is 7.05 Å². The molecule has 0 heterocycles. The second kappa shape index (κ2) is 5.36. The third-order valence-corrected chi connectivity index (χ3v) is 4.71. The molecule has 1 atom stereocenters. The third-order valence-electron chi connectivity index (χ3n) is 2.61. The number of phenols is 1. The van der Waals surface area contributed by atoms with Crippen molar-refractivity contribution in [3.63, 3.8) is 0 Å². The van der Waals surface area contributed by atoms with E-state index < -0.39 is 21.2 Å². The summed E-state index contributed by atoms with van der Waals surface area (Å²) in [6, 6.07) is 6.30. The van der Waals surface area contributed by atoms with E-state index in [2.05, 4.69) is 0 Å². The normalized spacial score (nSPS) is 13.5. The Bertz CT molecular complexity index is 540. The zero-order valence-corrected chi connectivity index (χ0v) is 10.9. The maximum atomic E-state index is 11.9. The summed E-state index contributed by atoms with van der Waals surface area (Å²) in [5.41, 5.74) is 0.418. The largest absolute Gasteiger partial charge is 0.508 e. The second-order valence-corrected chi connectivity index (χ2v) is 6.27. The van der Waals surface area contributed by atoms with Gasteiger partial charge in [-0.05, 0) is 13.0 Å². The van der Waals surface area contributed by atoms with Gasteiger partial charge < -0.3 is 10.2 Å². The van der Waals surface area contributed by atoms with E-state index in [-0.39, 0.29) is 12.3 Å². The number of aromatic hydroxyl groups is 1. The van der Waals surface area contributed by atoms with Crippen molar-refractivity contribution >= 4 is 16.0 Å². The molecule has 0 aliphatic rings. The van der Waals surface area contributed by atoms with Crippen LogP contribution in [0.1, 0.15) is 12.5 Å². The van der Waals surface area contributed by atoms with Gasteiger partial charge in [0.1, 0.15) is 5.75 Å². The molecule has 18 heavy (non-hydrogen) atoms. The second-order valence-electron chi connectivity index (χ2n) is 3.91. The molecule has 1 aromatic rings. The van der Waals surface area contributed by atoms with E-state index in [1.807, 2.05) is 0 Å². The summed E-state index contributed by atoms with van der Waals surface area (Å²) in [7, 11) is -2.65. The Labute approximate surface area is 106 Å². The first-order valence-electron chi connectivity index (χ1n) is 5.21. The number of rotatable bonds is 5. The number of para-hydroxylation sites is 1. The molecule has 0 aromatic heterocycles. The van der Waals surface area contributed by atoms with Gasteiger partial charge in [0.05, 0.1) is 0 Å². The van der Waals surface area contributed by atoms with Crippen LogP contribution >= 0.6 is 0 Å². The summed E-state index contributed by atoms with van der Waals surface area (Å²) in [5, 5.41) is 16.7. The van der Waals surface area contributed by atoms with Crippen molar-refractivity contribution in [2.24, 2.45) is 0 Å². The lowest BCUT2D eigenvalue weighted by Gasteiger charge is -2.20. The van der Waals surface area contributed by atoms with Gasteiger partial charge in [0.2, 0.25) is 10.0 Å². The van der Waals surface area contributed by atoms with E-state index in [4.69, 9.17) is 5.11 Å². The van der Waals surface area contributed by atoms with Gasteiger partial charge in [-0.15, -0.1) is 0 Å². The summed E-state index contributed by atoms with van der Waals surface area (Å²) >= 11 is 0. The van der Waals surface area contributed by atoms with Crippen LogP contribution in [0.4, 0.5) is 0 Å². The number of sulfonamides is 1. The highest BCUT2D eigenvalue weighted by molar-refractivity contribution is 7.90. The summed E-state index contributed by atoms with van der Waals surface area (Å²) in [5.74, 6) is -1.43. The predicted molar refractivity (Wildman–Crippen MR) is 65.6 cm³/mol. The van der Waals surface area contributed by atoms with Crippen LogP contribution in [0.2, 0.25) is 0 Å². The summed E-state index contributed by atoms with van der Waals surface area (Å²) < 4.78 is 24.6. The third kappa shape index (κ3) is 2.99. The molecule has 0 saturated heterocycles. The van der Waals surface area contributed by atoms with E-state index in [0.29, 0.717) is 5.56 Å². The van der Waals surface area contributed by atoms with Gasteiger partial charge in [0, 0.05) is 19.2 Å². The molecule has 0 aliphatic heterocycles.